The van der Waals surface area contributed by atoms with Crippen LogP contribution in [-0.4, -0.2) is 53.8 Å². The van der Waals surface area contributed by atoms with E-state index in [0.29, 0.717) is 6.42 Å². The standard InChI is InChI=1S/C20H29N3O2/c24-19(16-23-12-6-2-5-9-20(23)25)21-18-10-13-22(14-11-18)15-17-7-3-1-4-8-17/h1,3-4,7-8,18H,2,5-6,9-16H2,(H,21,24). The molecule has 0 unspecified atom stereocenters. The van der Waals surface area contributed by atoms with E-state index in [9.17, 15) is 9.59 Å². The van der Waals surface area contributed by atoms with Crippen LogP contribution in [0.5, 0.6) is 0 Å². The van der Waals surface area contributed by atoms with E-state index in [4.69, 9.17) is 0 Å². The van der Waals surface area contributed by atoms with Crippen molar-refractivity contribution in [1.29, 1.82) is 0 Å². The van der Waals surface area contributed by atoms with Crippen molar-refractivity contribution in [2.24, 2.45) is 0 Å². The maximum absolute atomic E-state index is 12.3. The van der Waals surface area contributed by atoms with Crippen molar-refractivity contribution in [2.75, 3.05) is 26.2 Å². The molecule has 1 N–H and O–H groups in total. The molecule has 2 heterocycles. The molecule has 2 aliphatic rings. The van der Waals surface area contributed by atoms with Crippen LogP contribution in [0.3, 0.4) is 0 Å². The van der Waals surface area contributed by atoms with Crippen molar-refractivity contribution in [3.8, 4) is 0 Å². The normalized spacial score (nSPS) is 20.3. The molecule has 2 aliphatic heterocycles. The van der Waals surface area contributed by atoms with Crippen LogP contribution in [0.15, 0.2) is 30.3 Å². The number of nitrogens with one attached hydrogen (secondary N) is 1. The average molecular weight is 343 g/mol. The minimum atomic E-state index is -0.00300. The topological polar surface area (TPSA) is 52.7 Å². The van der Waals surface area contributed by atoms with E-state index in [1.807, 2.05) is 6.07 Å². The zero-order chi connectivity index (χ0) is 17.5. The second kappa shape index (κ2) is 8.99. The summed E-state index contributed by atoms with van der Waals surface area (Å²) in [5.74, 6) is 0.127. The van der Waals surface area contributed by atoms with Gasteiger partial charge in [-0.15, -0.1) is 0 Å². The zero-order valence-electron chi connectivity index (χ0n) is 15.0. The Labute approximate surface area is 150 Å². The second-order valence-electron chi connectivity index (χ2n) is 7.23. The van der Waals surface area contributed by atoms with E-state index in [1.165, 1.54) is 5.56 Å². The van der Waals surface area contributed by atoms with Gasteiger partial charge in [0.25, 0.3) is 0 Å². The maximum atomic E-state index is 12.3. The molecule has 2 amide bonds. The quantitative estimate of drug-likeness (QED) is 0.891. The maximum Gasteiger partial charge on any atom is 0.239 e. The van der Waals surface area contributed by atoms with Crippen LogP contribution >= 0.6 is 0 Å². The Morgan fingerprint density at radius 3 is 2.56 bits per heavy atom. The van der Waals surface area contributed by atoms with Crippen molar-refractivity contribution in [2.45, 2.75) is 51.1 Å². The second-order valence-corrected chi connectivity index (χ2v) is 7.23. The lowest BCUT2D eigenvalue weighted by Gasteiger charge is -2.32. The van der Waals surface area contributed by atoms with Crippen molar-refractivity contribution in [3.05, 3.63) is 35.9 Å². The molecule has 136 valence electrons. The van der Waals surface area contributed by atoms with Crippen molar-refractivity contribution >= 4 is 11.8 Å². The van der Waals surface area contributed by atoms with Crippen molar-refractivity contribution in [3.63, 3.8) is 0 Å². The highest BCUT2D eigenvalue weighted by atomic mass is 16.2. The Morgan fingerprint density at radius 2 is 1.80 bits per heavy atom. The lowest BCUT2D eigenvalue weighted by atomic mass is 10.0. The number of benzene rings is 1. The molecule has 0 radical (unpaired) electrons. The SMILES string of the molecule is O=C(CN1CCCCCC1=O)NC1CCN(Cc2ccccc2)CC1. The highest BCUT2D eigenvalue weighted by Gasteiger charge is 2.23. The summed E-state index contributed by atoms with van der Waals surface area (Å²) in [5.41, 5.74) is 1.34. The number of hydrogen-bond acceptors (Lipinski definition) is 3. The van der Waals surface area contributed by atoms with Crippen LogP contribution in [0.2, 0.25) is 0 Å². The molecule has 3 rings (SSSR count). The first kappa shape index (κ1) is 17.9. The molecule has 0 aromatic heterocycles. The van der Waals surface area contributed by atoms with E-state index in [1.54, 1.807) is 4.90 Å². The van der Waals surface area contributed by atoms with Gasteiger partial charge in [-0.05, 0) is 31.2 Å². The number of likely N-dealkylation sites (tertiary alicyclic amines) is 2. The monoisotopic (exact) mass is 343 g/mol. The summed E-state index contributed by atoms with van der Waals surface area (Å²) in [5, 5.41) is 3.13. The number of rotatable bonds is 5. The summed E-state index contributed by atoms with van der Waals surface area (Å²) in [7, 11) is 0. The number of hydrogen-bond donors (Lipinski definition) is 1. The lowest BCUT2D eigenvalue weighted by Crippen LogP contribution is -2.48. The zero-order valence-corrected chi connectivity index (χ0v) is 15.0. The highest BCUT2D eigenvalue weighted by molar-refractivity contribution is 5.85. The van der Waals surface area contributed by atoms with Crippen molar-refractivity contribution < 1.29 is 9.59 Å². The van der Waals surface area contributed by atoms with Gasteiger partial charge in [-0.2, -0.15) is 0 Å². The van der Waals surface area contributed by atoms with Crippen LogP contribution in [0.4, 0.5) is 0 Å². The van der Waals surface area contributed by atoms with Gasteiger partial charge in [0.05, 0.1) is 6.54 Å². The average Bonchev–Trinajstić information content (AvgIpc) is 2.82. The molecule has 2 saturated heterocycles. The lowest BCUT2D eigenvalue weighted by molar-refractivity contribution is -0.135. The first-order valence-electron chi connectivity index (χ1n) is 9.54. The Balaban J connectivity index is 1.39. The molecular formula is C20H29N3O2. The number of carbonyl (C=O) groups excluding carboxylic acids is 2. The fourth-order valence-corrected chi connectivity index (χ4v) is 3.73. The third-order valence-electron chi connectivity index (χ3n) is 5.21. The van der Waals surface area contributed by atoms with Crippen LogP contribution in [0.1, 0.15) is 44.1 Å². The minimum Gasteiger partial charge on any atom is -0.352 e. The first-order chi connectivity index (χ1) is 12.2. The predicted molar refractivity (Wildman–Crippen MR) is 97.9 cm³/mol. The molecule has 0 aliphatic carbocycles. The molecular weight excluding hydrogens is 314 g/mol. The summed E-state index contributed by atoms with van der Waals surface area (Å²) in [4.78, 5) is 28.5. The third-order valence-corrected chi connectivity index (χ3v) is 5.21. The number of piperidine rings is 1. The van der Waals surface area contributed by atoms with Crippen LogP contribution in [0.25, 0.3) is 0 Å². The fourth-order valence-electron chi connectivity index (χ4n) is 3.73. The highest BCUT2D eigenvalue weighted by Crippen LogP contribution is 2.14. The van der Waals surface area contributed by atoms with E-state index < -0.39 is 0 Å². The van der Waals surface area contributed by atoms with Crippen LogP contribution < -0.4 is 5.32 Å². The van der Waals surface area contributed by atoms with E-state index in [2.05, 4.69) is 34.5 Å². The molecule has 25 heavy (non-hydrogen) atoms. The Morgan fingerprint density at radius 1 is 1.04 bits per heavy atom. The summed E-state index contributed by atoms with van der Waals surface area (Å²) in [6.07, 6.45) is 5.60. The van der Waals surface area contributed by atoms with Crippen molar-refractivity contribution in [1.82, 2.24) is 15.1 Å². The van der Waals surface area contributed by atoms with E-state index in [0.717, 1.165) is 58.3 Å². The Kier molecular flexibility index (Phi) is 6.45. The summed E-state index contributed by atoms with van der Waals surface area (Å²) >= 11 is 0. The van der Waals surface area contributed by atoms with Gasteiger partial charge in [0, 0.05) is 38.6 Å². The summed E-state index contributed by atoms with van der Waals surface area (Å²) in [6, 6.07) is 10.7. The van der Waals surface area contributed by atoms with Crippen LogP contribution in [0, 0.1) is 0 Å². The minimum absolute atomic E-state index is 0.00300. The molecule has 5 heteroatoms. The summed E-state index contributed by atoms with van der Waals surface area (Å²) in [6.45, 7) is 3.93. The molecule has 1 aromatic carbocycles. The van der Waals surface area contributed by atoms with E-state index >= 15 is 0 Å². The van der Waals surface area contributed by atoms with Gasteiger partial charge in [-0.1, -0.05) is 36.8 Å². The Hall–Kier alpha value is -1.88. The predicted octanol–water partition coefficient (Wildman–Crippen LogP) is 2.17. The number of carbonyl (C=O) groups is 2. The molecule has 1 aromatic rings. The number of nitrogens with zero attached hydrogens (tertiary/aromatic N) is 2. The molecule has 0 bridgehead atoms. The van der Waals surface area contributed by atoms with Gasteiger partial charge >= 0.3 is 0 Å². The smallest absolute Gasteiger partial charge is 0.239 e. The van der Waals surface area contributed by atoms with Gasteiger partial charge in [0.15, 0.2) is 0 Å². The molecule has 2 fully saturated rings. The fraction of sp³-hybridized carbons (Fsp3) is 0.600. The van der Waals surface area contributed by atoms with Gasteiger partial charge in [0.1, 0.15) is 0 Å². The van der Waals surface area contributed by atoms with Gasteiger partial charge in [-0.3, -0.25) is 14.5 Å². The Bertz CT molecular complexity index is 568. The van der Waals surface area contributed by atoms with Gasteiger partial charge in [0.2, 0.25) is 11.8 Å². The molecule has 0 saturated carbocycles. The largest absolute Gasteiger partial charge is 0.352 e. The van der Waals surface area contributed by atoms with E-state index in [-0.39, 0.29) is 24.4 Å². The van der Waals surface area contributed by atoms with Gasteiger partial charge < -0.3 is 10.2 Å². The molecule has 0 atom stereocenters. The molecule has 5 nitrogen and oxygen atoms in total. The third kappa shape index (κ3) is 5.56. The van der Waals surface area contributed by atoms with Gasteiger partial charge in [-0.25, -0.2) is 0 Å². The number of amides is 2. The summed E-state index contributed by atoms with van der Waals surface area (Å²) < 4.78 is 0. The van der Waals surface area contributed by atoms with Crippen LogP contribution in [-0.2, 0) is 16.1 Å². The molecule has 0 spiro atoms. The first-order valence-corrected chi connectivity index (χ1v) is 9.54.